The van der Waals surface area contributed by atoms with Crippen molar-refractivity contribution in [1.29, 1.82) is 0 Å². The number of amides is 2. The Hall–Kier alpha value is -1.10. The number of aliphatic hydroxyl groups is 1. The topological polar surface area (TPSA) is 106 Å². The Balaban J connectivity index is -0.0000000886. The van der Waals surface area contributed by atoms with Crippen LogP contribution < -0.4 is 11.5 Å². The highest BCUT2D eigenvalue weighted by Gasteiger charge is 1.61. The van der Waals surface area contributed by atoms with E-state index in [4.69, 9.17) is 5.11 Å². The molecule has 0 bridgehead atoms. The van der Waals surface area contributed by atoms with E-state index in [0.29, 0.717) is 0 Å². The van der Waals surface area contributed by atoms with Gasteiger partial charge in [-0.1, -0.05) is 0 Å². The Morgan fingerprint density at radius 2 is 1.18 bits per heavy atom. The van der Waals surface area contributed by atoms with E-state index >= 15 is 0 Å². The molecule has 0 heterocycles. The fourth-order valence-corrected chi connectivity index (χ4v) is 0. The van der Waals surface area contributed by atoms with E-state index in [1.54, 1.807) is 6.92 Å². The van der Waals surface area contributed by atoms with Gasteiger partial charge < -0.3 is 16.6 Å². The van der Waals surface area contributed by atoms with E-state index in [1.807, 2.05) is 0 Å². The second kappa shape index (κ2) is 16.0. The number of nitrogens with two attached hydrogens (primary N) is 2. The zero-order valence-electron chi connectivity index (χ0n) is 7.13. The predicted molar refractivity (Wildman–Crippen MR) is 42.5 cm³/mol. The van der Waals surface area contributed by atoms with E-state index in [1.165, 1.54) is 13.8 Å². The van der Waals surface area contributed by atoms with Gasteiger partial charge in [-0.05, 0) is 6.92 Å². The molecule has 0 radical (unpaired) electrons. The lowest BCUT2D eigenvalue weighted by Gasteiger charge is -1.60. The average Bonchev–Trinajstić information content (AvgIpc) is 1.60. The standard InChI is InChI=1S/2C2H5NO.C2H6O/c2*1-2(3)4;1-2-3/h2*1H3,(H2,3,4);3H,2H2,1H3. The van der Waals surface area contributed by atoms with E-state index in [0.717, 1.165) is 0 Å². The van der Waals surface area contributed by atoms with Crippen LogP contribution in [0.1, 0.15) is 20.8 Å². The summed E-state index contributed by atoms with van der Waals surface area (Å²) < 4.78 is 0. The van der Waals surface area contributed by atoms with Crippen molar-refractivity contribution in [3.8, 4) is 0 Å². The lowest BCUT2D eigenvalue weighted by Crippen LogP contribution is -2.01. The van der Waals surface area contributed by atoms with E-state index < -0.39 is 0 Å². The summed E-state index contributed by atoms with van der Waals surface area (Å²) >= 11 is 0. The van der Waals surface area contributed by atoms with Crippen LogP contribution in [-0.2, 0) is 9.59 Å². The lowest BCUT2D eigenvalue weighted by molar-refractivity contribution is -0.116. The van der Waals surface area contributed by atoms with Crippen LogP contribution in [0.25, 0.3) is 0 Å². The fraction of sp³-hybridized carbons (Fsp3) is 0.667. The normalized spacial score (nSPS) is 6.18. The van der Waals surface area contributed by atoms with Gasteiger partial charge in [0.05, 0.1) is 0 Å². The maximum Gasteiger partial charge on any atom is 0.214 e. The van der Waals surface area contributed by atoms with E-state index in [9.17, 15) is 9.59 Å². The van der Waals surface area contributed by atoms with Crippen LogP contribution in [0.15, 0.2) is 0 Å². The van der Waals surface area contributed by atoms with Crippen molar-refractivity contribution < 1.29 is 14.7 Å². The average molecular weight is 164 g/mol. The van der Waals surface area contributed by atoms with E-state index in [2.05, 4.69) is 11.5 Å². The number of carbonyl (C=O) groups is 2. The van der Waals surface area contributed by atoms with Crippen LogP contribution in [0, 0.1) is 0 Å². The molecule has 0 rings (SSSR count). The first-order valence-electron chi connectivity index (χ1n) is 3.01. The number of carbonyl (C=O) groups excluding carboxylic acids is 2. The minimum Gasteiger partial charge on any atom is -0.397 e. The zero-order valence-corrected chi connectivity index (χ0v) is 7.13. The summed E-state index contributed by atoms with van der Waals surface area (Å²) in [6.07, 6.45) is 0. The Morgan fingerprint density at radius 3 is 1.18 bits per heavy atom. The SMILES string of the molecule is CC(N)=O.CC(N)=O.CCO. The van der Waals surface area contributed by atoms with Gasteiger partial charge >= 0.3 is 0 Å². The molecule has 0 aliphatic rings. The number of primary amides is 2. The largest absolute Gasteiger partial charge is 0.397 e. The second-order valence-electron chi connectivity index (χ2n) is 1.54. The Kier molecular flexibility index (Phi) is 23.9. The van der Waals surface area contributed by atoms with Gasteiger partial charge in [0.1, 0.15) is 0 Å². The van der Waals surface area contributed by atoms with Gasteiger partial charge in [-0.15, -0.1) is 0 Å². The molecule has 0 aromatic rings. The third kappa shape index (κ3) is 350. The summed E-state index contributed by atoms with van der Waals surface area (Å²) in [7, 11) is 0. The van der Waals surface area contributed by atoms with Gasteiger partial charge in [0.15, 0.2) is 0 Å². The van der Waals surface area contributed by atoms with Gasteiger partial charge in [-0.25, -0.2) is 0 Å². The maximum atomic E-state index is 9.22. The highest BCUT2D eigenvalue weighted by Crippen LogP contribution is 1.33. The van der Waals surface area contributed by atoms with Crippen LogP contribution in [0.3, 0.4) is 0 Å². The first-order valence-corrected chi connectivity index (χ1v) is 3.01. The van der Waals surface area contributed by atoms with Crippen molar-refractivity contribution in [2.75, 3.05) is 6.61 Å². The summed E-state index contributed by atoms with van der Waals surface area (Å²) in [5, 5.41) is 7.57. The van der Waals surface area contributed by atoms with Gasteiger partial charge in [-0.2, -0.15) is 0 Å². The summed E-state index contributed by atoms with van der Waals surface area (Å²) in [5.41, 5.74) is 8.94. The molecular formula is C6H16N2O3. The lowest BCUT2D eigenvalue weighted by atomic mass is 10.8. The third-order valence-corrected chi connectivity index (χ3v) is 0. The molecule has 0 aromatic carbocycles. The predicted octanol–water partition coefficient (Wildman–Crippen LogP) is -1.02. The van der Waals surface area contributed by atoms with Crippen LogP contribution in [0.5, 0.6) is 0 Å². The molecule has 0 fully saturated rings. The summed E-state index contributed by atoms with van der Waals surface area (Å²) in [4.78, 5) is 18.4. The molecule has 11 heavy (non-hydrogen) atoms. The molecule has 2 amide bonds. The number of rotatable bonds is 0. The van der Waals surface area contributed by atoms with Crippen LogP contribution in [0.4, 0.5) is 0 Å². The number of hydrogen-bond donors (Lipinski definition) is 3. The monoisotopic (exact) mass is 164 g/mol. The maximum absolute atomic E-state index is 9.22. The summed E-state index contributed by atoms with van der Waals surface area (Å²) in [6, 6.07) is 0. The molecule has 0 atom stereocenters. The molecule has 0 saturated carbocycles. The molecule has 0 aromatic heterocycles. The highest BCUT2D eigenvalue weighted by atomic mass is 16.2. The molecule has 0 spiro atoms. The quantitative estimate of drug-likeness (QED) is 0.426. The molecule has 0 unspecified atom stereocenters. The number of hydrogen-bond acceptors (Lipinski definition) is 3. The van der Waals surface area contributed by atoms with Crippen LogP contribution >= 0.6 is 0 Å². The molecule has 0 saturated heterocycles. The third-order valence-electron chi connectivity index (χ3n) is 0. The molecular weight excluding hydrogens is 148 g/mol. The first kappa shape index (κ1) is 16.5. The second-order valence-corrected chi connectivity index (χ2v) is 1.54. The van der Waals surface area contributed by atoms with Crippen molar-refractivity contribution in [2.24, 2.45) is 11.5 Å². The molecule has 0 aliphatic heterocycles. The summed E-state index contributed by atoms with van der Waals surface area (Å²) in [5.74, 6) is -0.667. The van der Waals surface area contributed by atoms with Gasteiger partial charge in [0.25, 0.3) is 0 Å². The smallest absolute Gasteiger partial charge is 0.214 e. The highest BCUT2D eigenvalue weighted by molar-refractivity contribution is 5.70. The van der Waals surface area contributed by atoms with Crippen molar-refractivity contribution in [3.05, 3.63) is 0 Å². The van der Waals surface area contributed by atoms with Crippen molar-refractivity contribution in [2.45, 2.75) is 20.8 Å². The fourth-order valence-electron chi connectivity index (χ4n) is 0. The Bertz CT molecular complexity index is 84.0. The van der Waals surface area contributed by atoms with Crippen molar-refractivity contribution >= 4 is 11.8 Å². The zero-order chi connectivity index (χ0) is 9.86. The molecule has 0 aliphatic carbocycles. The molecule has 5 heteroatoms. The van der Waals surface area contributed by atoms with Gasteiger partial charge in [-0.3, -0.25) is 9.59 Å². The van der Waals surface area contributed by atoms with Crippen LogP contribution in [0.2, 0.25) is 0 Å². The van der Waals surface area contributed by atoms with Crippen molar-refractivity contribution in [1.82, 2.24) is 0 Å². The van der Waals surface area contributed by atoms with Gasteiger partial charge in [0, 0.05) is 20.5 Å². The van der Waals surface area contributed by atoms with Crippen molar-refractivity contribution in [3.63, 3.8) is 0 Å². The molecule has 5 N–H and O–H groups in total. The molecule has 68 valence electrons. The van der Waals surface area contributed by atoms with Gasteiger partial charge in [0.2, 0.25) is 11.8 Å². The van der Waals surface area contributed by atoms with Crippen LogP contribution in [-0.4, -0.2) is 23.5 Å². The first-order chi connectivity index (χ1) is 4.88. The number of aliphatic hydroxyl groups excluding tert-OH is 1. The summed E-state index contributed by atoms with van der Waals surface area (Å²) in [6.45, 7) is 4.54. The minimum atomic E-state index is -0.333. The Labute approximate surface area is 66.4 Å². The minimum absolute atomic E-state index is 0.250. The Morgan fingerprint density at radius 1 is 1.18 bits per heavy atom. The molecule has 5 nitrogen and oxygen atoms in total. The van der Waals surface area contributed by atoms with E-state index in [-0.39, 0.29) is 18.4 Å².